The van der Waals surface area contributed by atoms with Crippen LogP contribution in [0.3, 0.4) is 0 Å². The predicted octanol–water partition coefficient (Wildman–Crippen LogP) is 5.50. The van der Waals surface area contributed by atoms with Crippen LogP contribution in [0.15, 0.2) is 89.9 Å². The van der Waals surface area contributed by atoms with E-state index in [-0.39, 0.29) is 5.78 Å². The molecule has 5 rings (SSSR count). The number of methoxy groups -OCH3 is 2. The molecular formula is C31H28N2O4. The summed E-state index contributed by atoms with van der Waals surface area (Å²) < 4.78 is 16.6. The summed E-state index contributed by atoms with van der Waals surface area (Å²) in [6.45, 7) is 1.05. The van der Waals surface area contributed by atoms with Gasteiger partial charge in [0.15, 0.2) is 17.3 Å². The fourth-order valence-corrected chi connectivity index (χ4v) is 4.45. The van der Waals surface area contributed by atoms with E-state index in [1.54, 1.807) is 14.2 Å². The second kappa shape index (κ2) is 11.1. The third kappa shape index (κ3) is 5.54. The lowest BCUT2D eigenvalue weighted by molar-refractivity contribution is -0.112. The number of aliphatic imine (C=N–C) groups is 1. The van der Waals surface area contributed by atoms with E-state index in [0.717, 1.165) is 33.5 Å². The number of benzene rings is 3. The van der Waals surface area contributed by atoms with Crippen molar-refractivity contribution in [1.82, 2.24) is 4.98 Å². The summed E-state index contributed by atoms with van der Waals surface area (Å²) in [5.41, 5.74) is 6.36. The second-order valence-corrected chi connectivity index (χ2v) is 8.77. The van der Waals surface area contributed by atoms with Gasteiger partial charge >= 0.3 is 0 Å². The minimum atomic E-state index is 0.0299. The maximum absolute atomic E-state index is 13.0. The quantitative estimate of drug-likeness (QED) is 0.292. The number of fused-ring (bicyclic) bond motifs is 1. The van der Waals surface area contributed by atoms with Crippen molar-refractivity contribution in [2.24, 2.45) is 4.99 Å². The number of rotatable bonds is 10. The van der Waals surface area contributed by atoms with E-state index in [2.05, 4.69) is 9.98 Å². The Kier molecular flexibility index (Phi) is 7.26. The summed E-state index contributed by atoms with van der Waals surface area (Å²) >= 11 is 0. The molecule has 6 heteroatoms. The van der Waals surface area contributed by atoms with E-state index < -0.39 is 0 Å². The molecule has 3 aromatic carbocycles. The van der Waals surface area contributed by atoms with Crippen molar-refractivity contribution in [2.45, 2.75) is 19.4 Å². The summed E-state index contributed by atoms with van der Waals surface area (Å²) in [5, 5.41) is 0. The average Bonchev–Trinajstić information content (AvgIpc) is 3.38. The third-order valence-corrected chi connectivity index (χ3v) is 6.34. The van der Waals surface area contributed by atoms with Crippen LogP contribution < -0.4 is 14.2 Å². The van der Waals surface area contributed by atoms with E-state index in [1.807, 2.05) is 84.9 Å². The van der Waals surface area contributed by atoms with Gasteiger partial charge in [0, 0.05) is 30.0 Å². The molecule has 0 aliphatic carbocycles. The summed E-state index contributed by atoms with van der Waals surface area (Å²) in [5.74, 6) is 1.98. The highest BCUT2D eigenvalue weighted by Crippen LogP contribution is 2.28. The van der Waals surface area contributed by atoms with Crippen LogP contribution in [0, 0.1) is 0 Å². The topological polar surface area (TPSA) is 70.0 Å². The Labute approximate surface area is 216 Å². The van der Waals surface area contributed by atoms with Crippen LogP contribution in [0.1, 0.15) is 22.3 Å². The maximum atomic E-state index is 13.0. The lowest BCUT2D eigenvalue weighted by atomic mass is 9.98. The van der Waals surface area contributed by atoms with Gasteiger partial charge in [-0.3, -0.25) is 9.79 Å². The Morgan fingerprint density at radius 1 is 0.838 bits per heavy atom. The number of hydrogen-bond acceptors (Lipinski definition) is 6. The summed E-state index contributed by atoms with van der Waals surface area (Å²) in [6.07, 6.45) is 0.999. The van der Waals surface area contributed by atoms with Crippen molar-refractivity contribution in [3.63, 3.8) is 0 Å². The normalized spacial score (nSPS) is 12.0. The highest BCUT2D eigenvalue weighted by atomic mass is 16.5. The first kappa shape index (κ1) is 24.3. The molecule has 0 N–H and O–H groups in total. The van der Waals surface area contributed by atoms with E-state index in [9.17, 15) is 4.79 Å². The van der Waals surface area contributed by atoms with E-state index in [4.69, 9.17) is 14.2 Å². The Bertz CT molecular complexity index is 1460. The highest BCUT2D eigenvalue weighted by molar-refractivity contribution is 6.47. The number of aromatic nitrogens is 1. The zero-order valence-corrected chi connectivity index (χ0v) is 20.9. The first-order chi connectivity index (χ1) is 18.1. The molecule has 0 bridgehead atoms. The fraction of sp³-hybridized carbons (Fsp3) is 0.194. The molecule has 1 aliphatic rings. The van der Waals surface area contributed by atoms with Crippen molar-refractivity contribution >= 4 is 11.5 Å². The molecule has 0 fully saturated rings. The lowest BCUT2D eigenvalue weighted by Crippen LogP contribution is -2.16. The predicted molar refractivity (Wildman–Crippen MR) is 144 cm³/mol. The van der Waals surface area contributed by atoms with E-state index in [0.29, 0.717) is 49.1 Å². The van der Waals surface area contributed by atoms with Gasteiger partial charge in [-0.1, -0.05) is 54.6 Å². The zero-order chi connectivity index (χ0) is 25.6. The van der Waals surface area contributed by atoms with E-state index >= 15 is 0 Å². The molecule has 37 heavy (non-hydrogen) atoms. The standard InChI is InChI=1S/C31H28N2O4/c1-35-28-14-13-21(19-29(28)36-2)15-16-37-30-12-6-11-26(33-30)23-9-5-7-22(17-23)18-27(34)31-25-10-4-3-8-24(25)20-32-31/h3-14,17,19H,15-16,18,20H2,1-2H3. The number of hydrogen-bond donors (Lipinski definition) is 0. The van der Waals surface area contributed by atoms with Crippen molar-refractivity contribution in [2.75, 3.05) is 20.8 Å². The minimum absolute atomic E-state index is 0.0299. The summed E-state index contributed by atoms with van der Waals surface area (Å²) in [6, 6.07) is 27.4. The number of ketones is 1. The van der Waals surface area contributed by atoms with Crippen LogP contribution in [0.4, 0.5) is 0 Å². The molecule has 0 saturated carbocycles. The lowest BCUT2D eigenvalue weighted by Gasteiger charge is -2.11. The number of carbonyl (C=O) groups is 1. The molecule has 4 aromatic rings. The van der Waals surface area contributed by atoms with Gasteiger partial charge in [0.05, 0.1) is 33.1 Å². The van der Waals surface area contributed by atoms with Gasteiger partial charge in [0.2, 0.25) is 5.88 Å². The van der Waals surface area contributed by atoms with Crippen LogP contribution in [-0.4, -0.2) is 37.3 Å². The van der Waals surface area contributed by atoms with Crippen molar-refractivity contribution in [3.05, 3.63) is 107 Å². The van der Waals surface area contributed by atoms with Gasteiger partial charge in [0.25, 0.3) is 0 Å². The van der Waals surface area contributed by atoms with Gasteiger partial charge in [-0.25, -0.2) is 4.98 Å². The average molecular weight is 493 g/mol. The van der Waals surface area contributed by atoms with Crippen LogP contribution in [0.25, 0.3) is 11.3 Å². The number of pyridine rings is 1. The molecule has 1 aliphatic heterocycles. The fourth-order valence-electron chi connectivity index (χ4n) is 4.45. The van der Waals surface area contributed by atoms with Crippen molar-refractivity contribution in [3.8, 4) is 28.6 Å². The molecule has 0 amide bonds. The third-order valence-electron chi connectivity index (χ3n) is 6.34. The highest BCUT2D eigenvalue weighted by Gasteiger charge is 2.21. The maximum Gasteiger partial charge on any atom is 0.213 e. The van der Waals surface area contributed by atoms with Gasteiger partial charge in [-0.05, 0) is 41.0 Å². The van der Waals surface area contributed by atoms with Crippen LogP contribution in [-0.2, 0) is 24.2 Å². The minimum Gasteiger partial charge on any atom is -0.493 e. The van der Waals surface area contributed by atoms with Crippen molar-refractivity contribution < 1.29 is 19.0 Å². The van der Waals surface area contributed by atoms with Crippen LogP contribution in [0.2, 0.25) is 0 Å². The Balaban J connectivity index is 1.23. The molecule has 0 unspecified atom stereocenters. The monoisotopic (exact) mass is 492 g/mol. The molecule has 0 atom stereocenters. The Morgan fingerprint density at radius 2 is 1.68 bits per heavy atom. The van der Waals surface area contributed by atoms with Gasteiger partial charge in [-0.2, -0.15) is 0 Å². The van der Waals surface area contributed by atoms with Crippen molar-refractivity contribution in [1.29, 1.82) is 0 Å². The first-order valence-electron chi connectivity index (χ1n) is 12.2. The molecule has 1 aromatic heterocycles. The number of ether oxygens (including phenoxy) is 3. The summed E-state index contributed by atoms with van der Waals surface area (Å²) in [4.78, 5) is 22.2. The van der Waals surface area contributed by atoms with Gasteiger partial charge < -0.3 is 14.2 Å². The number of nitrogens with zero attached hydrogens (tertiary/aromatic N) is 2. The Hall–Kier alpha value is -4.45. The number of carbonyl (C=O) groups excluding carboxylic acids is 1. The molecular weight excluding hydrogens is 464 g/mol. The zero-order valence-electron chi connectivity index (χ0n) is 20.9. The van der Waals surface area contributed by atoms with Crippen LogP contribution >= 0.6 is 0 Å². The summed E-state index contributed by atoms with van der Waals surface area (Å²) in [7, 11) is 3.25. The molecule has 0 radical (unpaired) electrons. The van der Waals surface area contributed by atoms with E-state index in [1.165, 1.54) is 0 Å². The molecule has 0 spiro atoms. The largest absolute Gasteiger partial charge is 0.493 e. The van der Waals surface area contributed by atoms with Gasteiger partial charge in [-0.15, -0.1) is 0 Å². The Morgan fingerprint density at radius 3 is 2.54 bits per heavy atom. The van der Waals surface area contributed by atoms with Crippen LogP contribution in [0.5, 0.6) is 17.4 Å². The molecule has 186 valence electrons. The smallest absolute Gasteiger partial charge is 0.213 e. The molecule has 0 saturated heterocycles. The molecule has 2 heterocycles. The van der Waals surface area contributed by atoms with Gasteiger partial charge in [0.1, 0.15) is 5.71 Å². The first-order valence-corrected chi connectivity index (χ1v) is 12.2. The second-order valence-electron chi connectivity index (χ2n) is 8.77. The SMILES string of the molecule is COc1ccc(CCOc2cccc(-c3cccc(CC(=O)C4=NCc5ccccc54)c3)n2)cc1OC. The molecule has 6 nitrogen and oxygen atoms in total. The number of Topliss-reactive ketones (excluding diaryl/α,β-unsaturated/α-hetero) is 1.